The summed E-state index contributed by atoms with van der Waals surface area (Å²) in [5.74, 6) is 0. The maximum atomic E-state index is 4.78. The number of aromatic nitrogens is 1. The van der Waals surface area contributed by atoms with E-state index in [1.807, 2.05) is 18.4 Å². The zero-order valence-corrected chi connectivity index (χ0v) is 13.0. The van der Waals surface area contributed by atoms with Gasteiger partial charge in [-0.3, -0.25) is 0 Å². The SMILES string of the molecule is CCc1nc(Cc2cc(C)cc(C)c2)sc1CNC. The van der Waals surface area contributed by atoms with Crippen molar-refractivity contribution in [1.29, 1.82) is 0 Å². The van der Waals surface area contributed by atoms with Gasteiger partial charge in [-0.05, 0) is 32.9 Å². The summed E-state index contributed by atoms with van der Waals surface area (Å²) in [7, 11) is 1.99. The van der Waals surface area contributed by atoms with Gasteiger partial charge in [-0.2, -0.15) is 0 Å². The third-order valence-electron chi connectivity index (χ3n) is 3.13. The van der Waals surface area contributed by atoms with Gasteiger partial charge in [-0.1, -0.05) is 36.2 Å². The summed E-state index contributed by atoms with van der Waals surface area (Å²) in [5.41, 5.74) is 5.28. The number of hydrogen-bond acceptors (Lipinski definition) is 3. The van der Waals surface area contributed by atoms with Crippen LogP contribution in [-0.4, -0.2) is 12.0 Å². The van der Waals surface area contributed by atoms with Crippen molar-refractivity contribution in [2.45, 2.75) is 40.2 Å². The number of hydrogen-bond donors (Lipinski definition) is 1. The maximum Gasteiger partial charge on any atom is 0.0975 e. The summed E-state index contributed by atoms with van der Waals surface area (Å²) in [6, 6.07) is 6.74. The normalized spacial score (nSPS) is 10.9. The Balaban J connectivity index is 2.22. The lowest BCUT2D eigenvalue weighted by atomic mass is 10.1. The second-order valence-electron chi connectivity index (χ2n) is 5.03. The van der Waals surface area contributed by atoms with E-state index in [-0.39, 0.29) is 0 Å². The van der Waals surface area contributed by atoms with Crippen molar-refractivity contribution >= 4 is 11.3 Å². The molecule has 0 aliphatic carbocycles. The number of rotatable bonds is 5. The Kier molecular flexibility index (Phi) is 4.72. The maximum absolute atomic E-state index is 4.78. The number of aryl methyl sites for hydroxylation is 3. The predicted molar refractivity (Wildman–Crippen MR) is 83.0 cm³/mol. The Morgan fingerprint density at radius 1 is 1.16 bits per heavy atom. The standard InChI is InChI=1S/C16H22N2S/c1-5-14-15(10-17-4)19-16(18-14)9-13-7-11(2)6-12(3)8-13/h6-8,17H,5,9-10H2,1-4H3. The number of thiazole rings is 1. The minimum atomic E-state index is 0.924. The highest BCUT2D eigenvalue weighted by atomic mass is 32.1. The van der Waals surface area contributed by atoms with Crippen molar-refractivity contribution < 1.29 is 0 Å². The van der Waals surface area contributed by atoms with Crippen molar-refractivity contribution in [1.82, 2.24) is 10.3 Å². The first-order valence-electron chi connectivity index (χ1n) is 6.81. The third-order valence-corrected chi connectivity index (χ3v) is 4.23. The molecule has 2 nitrogen and oxygen atoms in total. The van der Waals surface area contributed by atoms with Crippen LogP contribution in [0, 0.1) is 13.8 Å². The molecular weight excluding hydrogens is 252 g/mol. The Labute approximate surface area is 119 Å². The topological polar surface area (TPSA) is 24.9 Å². The van der Waals surface area contributed by atoms with Gasteiger partial charge in [0, 0.05) is 17.8 Å². The van der Waals surface area contributed by atoms with Gasteiger partial charge in [0.25, 0.3) is 0 Å². The molecule has 0 bridgehead atoms. The van der Waals surface area contributed by atoms with Gasteiger partial charge < -0.3 is 5.32 Å². The summed E-state index contributed by atoms with van der Waals surface area (Å²) in [4.78, 5) is 6.16. The molecule has 0 atom stereocenters. The molecule has 0 unspecified atom stereocenters. The largest absolute Gasteiger partial charge is 0.315 e. The fraction of sp³-hybridized carbons (Fsp3) is 0.438. The van der Waals surface area contributed by atoms with Gasteiger partial charge in [-0.25, -0.2) is 4.98 Å². The minimum Gasteiger partial charge on any atom is -0.315 e. The van der Waals surface area contributed by atoms with Gasteiger partial charge in [0.15, 0.2) is 0 Å². The van der Waals surface area contributed by atoms with E-state index < -0.39 is 0 Å². The lowest BCUT2D eigenvalue weighted by molar-refractivity contribution is 0.813. The lowest BCUT2D eigenvalue weighted by Crippen LogP contribution is -2.05. The van der Waals surface area contributed by atoms with Crippen LogP contribution in [0.5, 0.6) is 0 Å². The minimum absolute atomic E-state index is 0.924. The van der Waals surface area contributed by atoms with Crippen LogP contribution in [0.1, 0.15) is 39.2 Å². The van der Waals surface area contributed by atoms with Crippen molar-refractivity contribution in [2.24, 2.45) is 0 Å². The smallest absolute Gasteiger partial charge is 0.0975 e. The molecule has 19 heavy (non-hydrogen) atoms. The molecule has 0 saturated carbocycles. The molecule has 1 aromatic carbocycles. The van der Waals surface area contributed by atoms with E-state index in [4.69, 9.17) is 4.98 Å². The van der Waals surface area contributed by atoms with Crippen LogP contribution >= 0.6 is 11.3 Å². The molecule has 102 valence electrons. The third kappa shape index (κ3) is 3.64. The average Bonchev–Trinajstić information content (AvgIpc) is 2.70. The zero-order valence-electron chi connectivity index (χ0n) is 12.2. The van der Waals surface area contributed by atoms with Crippen LogP contribution < -0.4 is 5.32 Å². The van der Waals surface area contributed by atoms with Gasteiger partial charge in [0.2, 0.25) is 0 Å². The molecular formula is C16H22N2S. The van der Waals surface area contributed by atoms with Gasteiger partial charge >= 0.3 is 0 Å². The van der Waals surface area contributed by atoms with Crippen LogP contribution in [0.2, 0.25) is 0 Å². The first-order valence-corrected chi connectivity index (χ1v) is 7.63. The highest BCUT2D eigenvalue weighted by Gasteiger charge is 2.09. The van der Waals surface area contributed by atoms with Crippen LogP contribution in [0.4, 0.5) is 0 Å². The second kappa shape index (κ2) is 6.31. The van der Waals surface area contributed by atoms with Gasteiger partial charge in [0.05, 0.1) is 10.7 Å². The lowest BCUT2D eigenvalue weighted by Gasteiger charge is -2.02. The number of benzene rings is 1. The molecule has 0 amide bonds. The first-order chi connectivity index (χ1) is 9.12. The molecule has 2 aromatic rings. The summed E-state index contributed by atoms with van der Waals surface area (Å²) in [6.45, 7) is 7.41. The molecule has 0 fully saturated rings. The van der Waals surface area contributed by atoms with Crippen molar-refractivity contribution in [3.8, 4) is 0 Å². The summed E-state index contributed by atoms with van der Waals surface area (Å²) in [5, 5.41) is 4.45. The van der Waals surface area contributed by atoms with E-state index in [0.717, 1.165) is 19.4 Å². The van der Waals surface area contributed by atoms with Gasteiger partial charge in [0.1, 0.15) is 0 Å². The Bertz CT molecular complexity index is 538. The summed E-state index contributed by atoms with van der Waals surface area (Å²) >= 11 is 1.84. The fourth-order valence-corrected chi connectivity index (χ4v) is 3.64. The van der Waals surface area contributed by atoms with Crippen LogP contribution in [-0.2, 0) is 19.4 Å². The highest BCUT2D eigenvalue weighted by molar-refractivity contribution is 7.11. The zero-order chi connectivity index (χ0) is 13.8. The summed E-state index contributed by atoms with van der Waals surface area (Å²) < 4.78 is 0. The molecule has 0 saturated heterocycles. The molecule has 0 radical (unpaired) electrons. The molecule has 1 aromatic heterocycles. The number of nitrogens with one attached hydrogen (secondary N) is 1. The molecule has 3 heteroatoms. The predicted octanol–water partition coefficient (Wildman–Crippen LogP) is 3.63. The van der Waals surface area contributed by atoms with E-state index in [0.29, 0.717) is 0 Å². The van der Waals surface area contributed by atoms with Crippen molar-refractivity contribution in [3.63, 3.8) is 0 Å². The van der Waals surface area contributed by atoms with E-state index >= 15 is 0 Å². The molecule has 2 rings (SSSR count). The number of nitrogens with zero attached hydrogens (tertiary/aromatic N) is 1. The summed E-state index contributed by atoms with van der Waals surface area (Å²) in [6.07, 6.45) is 1.96. The molecule has 1 heterocycles. The molecule has 0 spiro atoms. The van der Waals surface area contributed by atoms with Crippen LogP contribution in [0.3, 0.4) is 0 Å². The fourth-order valence-electron chi connectivity index (χ4n) is 2.43. The molecule has 1 N–H and O–H groups in total. The molecule has 0 aliphatic rings. The monoisotopic (exact) mass is 274 g/mol. The van der Waals surface area contributed by atoms with Gasteiger partial charge in [-0.15, -0.1) is 11.3 Å². The Hall–Kier alpha value is -1.19. The Morgan fingerprint density at radius 3 is 2.42 bits per heavy atom. The van der Waals surface area contributed by atoms with Crippen molar-refractivity contribution in [2.75, 3.05) is 7.05 Å². The van der Waals surface area contributed by atoms with E-state index in [2.05, 4.69) is 44.3 Å². The molecule has 0 aliphatic heterocycles. The Morgan fingerprint density at radius 2 is 1.84 bits per heavy atom. The van der Waals surface area contributed by atoms with E-state index in [9.17, 15) is 0 Å². The van der Waals surface area contributed by atoms with Crippen LogP contribution in [0.15, 0.2) is 18.2 Å². The van der Waals surface area contributed by atoms with E-state index in [1.165, 1.54) is 32.3 Å². The second-order valence-corrected chi connectivity index (χ2v) is 6.20. The first kappa shape index (κ1) is 14.2. The van der Waals surface area contributed by atoms with Crippen molar-refractivity contribution in [3.05, 3.63) is 50.5 Å². The quantitative estimate of drug-likeness (QED) is 0.900. The van der Waals surface area contributed by atoms with Crippen LogP contribution in [0.25, 0.3) is 0 Å². The van der Waals surface area contributed by atoms with E-state index in [1.54, 1.807) is 0 Å². The average molecular weight is 274 g/mol. The highest BCUT2D eigenvalue weighted by Crippen LogP contribution is 2.22.